The Labute approximate surface area is 175 Å². The van der Waals surface area contributed by atoms with E-state index in [9.17, 15) is 4.79 Å². The summed E-state index contributed by atoms with van der Waals surface area (Å²) in [6, 6.07) is 15.2. The van der Waals surface area contributed by atoms with Crippen molar-refractivity contribution >= 4 is 17.4 Å². The van der Waals surface area contributed by atoms with Crippen molar-refractivity contribution < 1.29 is 14.3 Å². The summed E-state index contributed by atoms with van der Waals surface area (Å²) in [7, 11) is 1.56. The van der Waals surface area contributed by atoms with Crippen LogP contribution in [0.1, 0.15) is 42.5 Å². The largest absolute Gasteiger partial charge is 0.493 e. The van der Waals surface area contributed by atoms with Crippen LogP contribution >= 0.6 is 11.5 Å². The third-order valence-corrected chi connectivity index (χ3v) is 5.27. The predicted molar refractivity (Wildman–Crippen MR) is 114 cm³/mol. The Morgan fingerprint density at radius 1 is 1.10 bits per heavy atom. The van der Waals surface area contributed by atoms with E-state index in [-0.39, 0.29) is 11.9 Å². The second-order valence-electron chi connectivity index (χ2n) is 7.11. The van der Waals surface area contributed by atoms with Crippen molar-refractivity contribution in [3.05, 3.63) is 65.5 Å². The first-order chi connectivity index (χ1) is 14.0. The minimum absolute atomic E-state index is 0.0673. The van der Waals surface area contributed by atoms with Crippen LogP contribution in [0.4, 0.5) is 0 Å². The maximum Gasteiger partial charge on any atom is 0.298 e. The molecule has 1 atom stereocenters. The zero-order valence-corrected chi connectivity index (χ0v) is 17.8. The maximum absolute atomic E-state index is 12.5. The maximum atomic E-state index is 12.5. The van der Waals surface area contributed by atoms with Crippen molar-refractivity contribution in [2.45, 2.75) is 33.2 Å². The predicted octanol–water partition coefficient (Wildman–Crippen LogP) is 4.70. The standard InChI is InChI=1S/C22H25N3O3S/c1-14(2)15(3)23-21(26)17-10-11-18(27-4)19(13-17)28-22-24-20(25-29-22)12-16-8-6-5-7-9-16/h5-11,13-15H,12H2,1-4H3,(H,23,26)/t15-/m1/s1. The summed E-state index contributed by atoms with van der Waals surface area (Å²) in [6.07, 6.45) is 0.632. The molecule has 3 aromatic rings. The van der Waals surface area contributed by atoms with Crippen LogP contribution < -0.4 is 14.8 Å². The Bertz CT molecular complexity index is 957. The fraction of sp³-hybridized carbons (Fsp3) is 0.318. The molecule has 0 aliphatic heterocycles. The van der Waals surface area contributed by atoms with Crippen LogP contribution in [-0.4, -0.2) is 28.4 Å². The van der Waals surface area contributed by atoms with Gasteiger partial charge in [0.05, 0.1) is 7.11 Å². The lowest BCUT2D eigenvalue weighted by molar-refractivity contribution is 0.0930. The Balaban J connectivity index is 1.75. The third-order valence-electron chi connectivity index (χ3n) is 4.64. The highest BCUT2D eigenvalue weighted by atomic mass is 32.1. The lowest BCUT2D eigenvalue weighted by Gasteiger charge is -2.18. The molecule has 1 heterocycles. The molecular formula is C22H25N3O3S. The van der Waals surface area contributed by atoms with Crippen LogP contribution in [0.15, 0.2) is 48.5 Å². The zero-order valence-electron chi connectivity index (χ0n) is 17.0. The van der Waals surface area contributed by atoms with E-state index in [0.29, 0.717) is 40.4 Å². The number of carbonyl (C=O) groups is 1. The molecular weight excluding hydrogens is 386 g/mol. The van der Waals surface area contributed by atoms with Crippen molar-refractivity contribution in [1.82, 2.24) is 14.7 Å². The average molecular weight is 412 g/mol. The summed E-state index contributed by atoms with van der Waals surface area (Å²) in [5, 5.41) is 3.40. The molecule has 6 nitrogen and oxygen atoms in total. The van der Waals surface area contributed by atoms with Gasteiger partial charge in [-0.2, -0.15) is 9.36 Å². The summed E-state index contributed by atoms with van der Waals surface area (Å²) >= 11 is 1.17. The molecule has 0 fully saturated rings. The van der Waals surface area contributed by atoms with E-state index < -0.39 is 0 Å². The molecule has 0 bridgehead atoms. The first-order valence-electron chi connectivity index (χ1n) is 9.49. The van der Waals surface area contributed by atoms with Crippen LogP contribution in [0, 0.1) is 5.92 Å². The van der Waals surface area contributed by atoms with Gasteiger partial charge in [-0.15, -0.1) is 0 Å². The van der Waals surface area contributed by atoms with Crippen LogP contribution in [0.25, 0.3) is 0 Å². The number of hydrogen-bond donors (Lipinski definition) is 1. The summed E-state index contributed by atoms with van der Waals surface area (Å²) in [5.74, 6) is 1.84. The van der Waals surface area contributed by atoms with Crippen molar-refractivity contribution in [2.75, 3.05) is 7.11 Å². The first kappa shape index (κ1) is 20.8. The van der Waals surface area contributed by atoms with Gasteiger partial charge in [0.15, 0.2) is 17.3 Å². The molecule has 1 amide bonds. The average Bonchev–Trinajstić information content (AvgIpc) is 3.15. The molecule has 3 rings (SSSR count). The number of rotatable bonds is 8. The summed E-state index contributed by atoms with van der Waals surface area (Å²) in [4.78, 5) is 17.0. The molecule has 0 radical (unpaired) electrons. The second kappa shape index (κ2) is 9.52. The van der Waals surface area contributed by atoms with Crippen LogP contribution in [-0.2, 0) is 6.42 Å². The normalized spacial score (nSPS) is 11.9. The number of amides is 1. The minimum Gasteiger partial charge on any atom is -0.493 e. The van der Waals surface area contributed by atoms with Crippen LogP contribution in [0.2, 0.25) is 0 Å². The minimum atomic E-state index is -0.152. The molecule has 2 aromatic carbocycles. The van der Waals surface area contributed by atoms with E-state index in [0.717, 1.165) is 5.56 Å². The molecule has 0 saturated carbocycles. The van der Waals surface area contributed by atoms with E-state index in [1.807, 2.05) is 37.3 Å². The van der Waals surface area contributed by atoms with Gasteiger partial charge in [0.2, 0.25) is 0 Å². The van der Waals surface area contributed by atoms with E-state index in [1.165, 1.54) is 11.5 Å². The number of carbonyl (C=O) groups excluding carboxylic acids is 1. The van der Waals surface area contributed by atoms with Gasteiger partial charge < -0.3 is 14.8 Å². The van der Waals surface area contributed by atoms with Crippen molar-refractivity contribution in [3.63, 3.8) is 0 Å². The van der Waals surface area contributed by atoms with E-state index in [2.05, 4.69) is 28.5 Å². The van der Waals surface area contributed by atoms with Gasteiger partial charge in [0.25, 0.3) is 11.1 Å². The Morgan fingerprint density at radius 2 is 1.86 bits per heavy atom. The summed E-state index contributed by atoms with van der Waals surface area (Å²) < 4.78 is 15.6. The summed E-state index contributed by atoms with van der Waals surface area (Å²) in [5.41, 5.74) is 1.63. The van der Waals surface area contributed by atoms with Gasteiger partial charge in [0, 0.05) is 29.6 Å². The number of aromatic nitrogens is 2. The Hall–Kier alpha value is -2.93. The Kier molecular flexibility index (Phi) is 6.82. The number of hydrogen-bond acceptors (Lipinski definition) is 6. The van der Waals surface area contributed by atoms with E-state index in [1.54, 1.807) is 25.3 Å². The molecule has 0 aliphatic carbocycles. The van der Waals surface area contributed by atoms with Gasteiger partial charge in [-0.05, 0) is 36.6 Å². The number of nitrogens with zero attached hydrogens (tertiary/aromatic N) is 2. The number of nitrogens with one attached hydrogen (secondary N) is 1. The fourth-order valence-electron chi connectivity index (χ4n) is 2.58. The lowest BCUT2D eigenvalue weighted by Crippen LogP contribution is -2.36. The quantitative estimate of drug-likeness (QED) is 0.581. The Morgan fingerprint density at radius 3 is 2.55 bits per heavy atom. The molecule has 7 heteroatoms. The van der Waals surface area contributed by atoms with Crippen LogP contribution in [0.3, 0.4) is 0 Å². The SMILES string of the molecule is COc1ccc(C(=O)N[C@H](C)C(C)C)cc1Oc1nc(Cc2ccccc2)ns1. The topological polar surface area (TPSA) is 73.3 Å². The van der Waals surface area contributed by atoms with E-state index >= 15 is 0 Å². The van der Waals surface area contributed by atoms with Gasteiger partial charge in [-0.25, -0.2) is 0 Å². The number of ether oxygens (including phenoxy) is 2. The van der Waals surface area contributed by atoms with E-state index in [4.69, 9.17) is 9.47 Å². The molecule has 0 saturated heterocycles. The van der Waals surface area contributed by atoms with Gasteiger partial charge in [-0.1, -0.05) is 44.2 Å². The highest BCUT2D eigenvalue weighted by Gasteiger charge is 2.17. The van der Waals surface area contributed by atoms with Gasteiger partial charge >= 0.3 is 0 Å². The molecule has 29 heavy (non-hydrogen) atoms. The first-order valence-corrected chi connectivity index (χ1v) is 10.3. The molecule has 1 N–H and O–H groups in total. The molecule has 1 aromatic heterocycles. The molecule has 0 aliphatic rings. The molecule has 152 valence electrons. The van der Waals surface area contributed by atoms with Gasteiger partial charge in [0.1, 0.15) is 0 Å². The summed E-state index contributed by atoms with van der Waals surface area (Å²) in [6.45, 7) is 6.12. The van der Waals surface area contributed by atoms with Crippen LogP contribution in [0.5, 0.6) is 16.7 Å². The van der Waals surface area contributed by atoms with Crippen molar-refractivity contribution in [1.29, 1.82) is 0 Å². The van der Waals surface area contributed by atoms with Gasteiger partial charge in [-0.3, -0.25) is 4.79 Å². The lowest BCUT2D eigenvalue weighted by atomic mass is 10.1. The fourth-order valence-corrected chi connectivity index (χ4v) is 3.14. The number of methoxy groups -OCH3 is 1. The van der Waals surface area contributed by atoms with Crippen molar-refractivity contribution in [3.8, 4) is 16.7 Å². The highest BCUT2D eigenvalue weighted by Crippen LogP contribution is 2.33. The molecule has 0 unspecified atom stereocenters. The zero-order chi connectivity index (χ0) is 20.8. The van der Waals surface area contributed by atoms with Crippen molar-refractivity contribution in [2.24, 2.45) is 5.92 Å². The monoisotopic (exact) mass is 411 g/mol. The number of benzene rings is 2. The molecule has 0 spiro atoms. The third kappa shape index (κ3) is 5.54. The smallest absolute Gasteiger partial charge is 0.298 e. The highest BCUT2D eigenvalue weighted by molar-refractivity contribution is 7.07. The second-order valence-corrected chi connectivity index (χ2v) is 7.83.